The summed E-state index contributed by atoms with van der Waals surface area (Å²) in [6, 6.07) is 0. The van der Waals surface area contributed by atoms with E-state index >= 15 is 0 Å². The molecule has 1 aliphatic rings. The van der Waals surface area contributed by atoms with Gasteiger partial charge in [0.1, 0.15) is 6.10 Å². The Hall–Kier alpha value is -0.160. The van der Waals surface area contributed by atoms with Gasteiger partial charge in [-0.25, -0.2) is 0 Å². The van der Waals surface area contributed by atoms with E-state index in [1.807, 2.05) is 0 Å². The molecule has 0 aromatic carbocycles. The van der Waals surface area contributed by atoms with Crippen molar-refractivity contribution in [3.05, 3.63) is 0 Å². The van der Waals surface area contributed by atoms with Crippen LogP contribution in [0.2, 0.25) is 0 Å². The summed E-state index contributed by atoms with van der Waals surface area (Å²) < 4.78 is 16.3. The van der Waals surface area contributed by atoms with Crippen LogP contribution in [0.4, 0.5) is 0 Å². The summed E-state index contributed by atoms with van der Waals surface area (Å²) in [6.07, 6.45) is 0.335. The Labute approximate surface area is 97.9 Å². The molecule has 0 aromatic rings. The van der Waals surface area contributed by atoms with Crippen molar-refractivity contribution in [3.63, 3.8) is 0 Å². The van der Waals surface area contributed by atoms with Gasteiger partial charge in [-0.05, 0) is 12.8 Å². The van der Waals surface area contributed by atoms with Crippen molar-refractivity contribution >= 4 is 0 Å². The predicted octanol–water partition coefficient (Wildman–Crippen LogP) is 1.21. The summed E-state index contributed by atoms with van der Waals surface area (Å²) in [5.74, 6) is 0.484. The lowest BCUT2D eigenvalue weighted by molar-refractivity contribution is -0.212. The lowest BCUT2D eigenvalue weighted by atomic mass is 9.87. The Morgan fingerprint density at radius 3 is 2.44 bits per heavy atom. The zero-order chi connectivity index (χ0) is 12.1. The standard InChI is InChI=1S/C12H24O4/c1-8(2)9(3)16-11-7-10(13)12(11)15-6-5-14-4/h8-13H,5-7H2,1-4H3. The zero-order valence-corrected chi connectivity index (χ0v) is 10.7. The molecule has 0 amide bonds. The van der Waals surface area contributed by atoms with Gasteiger partial charge >= 0.3 is 0 Å². The first-order valence-corrected chi connectivity index (χ1v) is 6.00. The van der Waals surface area contributed by atoms with Crippen molar-refractivity contribution in [1.29, 1.82) is 0 Å². The minimum Gasteiger partial charge on any atom is -0.390 e. The molecule has 0 radical (unpaired) electrons. The van der Waals surface area contributed by atoms with E-state index in [0.29, 0.717) is 25.6 Å². The van der Waals surface area contributed by atoms with E-state index in [1.165, 1.54) is 0 Å². The lowest BCUT2D eigenvalue weighted by Crippen LogP contribution is -2.55. The monoisotopic (exact) mass is 232 g/mol. The summed E-state index contributed by atoms with van der Waals surface area (Å²) in [5.41, 5.74) is 0. The number of aliphatic hydroxyl groups is 1. The predicted molar refractivity (Wildman–Crippen MR) is 61.4 cm³/mol. The van der Waals surface area contributed by atoms with Gasteiger partial charge < -0.3 is 19.3 Å². The van der Waals surface area contributed by atoms with E-state index in [2.05, 4.69) is 20.8 Å². The molecule has 1 fully saturated rings. The van der Waals surface area contributed by atoms with E-state index in [-0.39, 0.29) is 24.4 Å². The van der Waals surface area contributed by atoms with Gasteiger partial charge in [0.2, 0.25) is 0 Å². The fourth-order valence-corrected chi connectivity index (χ4v) is 1.61. The average molecular weight is 232 g/mol. The first-order valence-electron chi connectivity index (χ1n) is 6.00. The highest BCUT2D eigenvalue weighted by atomic mass is 16.6. The third-order valence-electron chi connectivity index (χ3n) is 3.15. The van der Waals surface area contributed by atoms with Crippen molar-refractivity contribution in [2.24, 2.45) is 5.92 Å². The third-order valence-corrected chi connectivity index (χ3v) is 3.15. The SMILES string of the molecule is COCCOC1C(O)CC1OC(C)C(C)C. The van der Waals surface area contributed by atoms with E-state index in [1.54, 1.807) is 7.11 Å². The third kappa shape index (κ3) is 3.70. The lowest BCUT2D eigenvalue weighted by Gasteiger charge is -2.42. The summed E-state index contributed by atoms with van der Waals surface area (Å²) in [4.78, 5) is 0. The number of hydrogen-bond acceptors (Lipinski definition) is 4. The Morgan fingerprint density at radius 1 is 1.25 bits per heavy atom. The van der Waals surface area contributed by atoms with Gasteiger partial charge in [-0.1, -0.05) is 13.8 Å². The molecule has 1 aliphatic carbocycles. The van der Waals surface area contributed by atoms with Crippen LogP contribution in [0.1, 0.15) is 27.2 Å². The first kappa shape index (κ1) is 13.9. The molecule has 96 valence electrons. The van der Waals surface area contributed by atoms with Crippen LogP contribution in [0.3, 0.4) is 0 Å². The maximum Gasteiger partial charge on any atom is 0.110 e. The Bertz CT molecular complexity index is 195. The number of rotatable bonds is 7. The molecular formula is C12H24O4. The molecule has 4 atom stereocenters. The molecule has 4 heteroatoms. The van der Waals surface area contributed by atoms with Crippen LogP contribution >= 0.6 is 0 Å². The second kappa shape index (κ2) is 6.55. The van der Waals surface area contributed by atoms with Crippen molar-refractivity contribution in [2.45, 2.75) is 51.6 Å². The molecule has 16 heavy (non-hydrogen) atoms. The summed E-state index contributed by atoms with van der Waals surface area (Å²) in [6.45, 7) is 7.37. The van der Waals surface area contributed by atoms with E-state index < -0.39 is 0 Å². The smallest absolute Gasteiger partial charge is 0.110 e. The largest absolute Gasteiger partial charge is 0.390 e. The number of ether oxygens (including phenoxy) is 3. The Balaban J connectivity index is 2.26. The van der Waals surface area contributed by atoms with Crippen molar-refractivity contribution in [3.8, 4) is 0 Å². The maximum absolute atomic E-state index is 9.58. The van der Waals surface area contributed by atoms with Gasteiger partial charge in [0.15, 0.2) is 0 Å². The fourth-order valence-electron chi connectivity index (χ4n) is 1.61. The fraction of sp³-hybridized carbons (Fsp3) is 1.00. The van der Waals surface area contributed by atoms with Gasteiger partial charge in [0.25, 0.3) is 0 Å². The molecule has 0 aliphatic heterocycles. The normalized spacial score (nSPS) is 31.5. The van der Waals surface area contributed by atoms with Crippen molar-refractivity contribution < 1.29 is 19.3 Å². The number of hydrogen-bond donors (Lipinski definition) is 1. The molecule has 0 heterocycles. The molecule has 1 N–H and O–H groups in total. The molecule has 0 saturated heterocycles. The van der Waals surface area contributed by atoms with Crippen LogP contribution in [-0.2, 0) is 14.2 Å². The summed E-state index contributed by atoms with van der Waals surface area (Å²) in [5, 5.41) is 9.58. The van der Waals surface area contributed by atoms with Crippen LogP contribution in [0.15, 0.2) is 0 Å². The maximum atomic E-state index is 9.58. The molecule has 0 aromatic heterocycles. The second-order valence-electron chi connectivity index (χ2n) is 4.75. The highest BCUT2D eigenvalue weighted by Crippen LogP contribution is 2.29. The van der Waals surface area contributed by atoms with E-state index in [9.17, 15) is 5.11 Å². The highest BCUT2D eigenvalue weighted by Gasteiger charge is 2.42. The van der Waals surface area contributed by atoms with E-state index in [4.69, 9.17) is 14.2 Å². The van der Waals surface area contributed by atoms with Gasteiger partial charge in [-0.3, -0.25) is 0 Å². The Morgan fingerprint density at radius 2 is 1.94 bits per heavy atom. The first-order chi connectivity index (χ1) is 7.56. The average Bonchev–Trinajstić information content (AvgIpc) is 2.23. The van der Waals surface area contributed by atoms with E-state index in [0.717, 1.165) is 0 Å². The molecule has 1 saturated carbocycles. The minimum absolute atomic E-state index is 0.0317. The Kier molecular flexibility index (Phi) is 5.69. The molecule has 1 rings (SSSR count). The number of aliphatic hydroxyl groups excluding tert-OH is 1. The molecule has 4 nitrogen and oxygen atoms in total. The van der Waals surface area contributed by atoms with Crippen molar-refractivity contribution in [2.75, 3.05) is 20.3 Å². The van der Waals surface area contributed by atoms with Gasteiger partial charge in [0.05, 0.1) is 31.5 Å². The highest BCUT2D eigenvalue weighted by molar-refractivity contribution is 4.92. The van der Waals surface area contributed by atoms with Crippen LogP contribution in [0, 0.1) is 5.92 Å². The van der Waals surface area contributed by atoms with Gasteiger partial charge in [0, 0.05) is 13.5 Å². The van der Waals surface area contributed by atoms with Crippen LogP contribution in [0.5, 0.6) is 0 Å². The van der Waals surface area contributed by atoms with Crippen LogP contribution in [-0.4, -0.2) is 49.8 Å². The van der Waals surface area contributed by atoms with Gasteiger partial charge in [-0.15, -0.1) is 0 Å². The zero-order valence-electron chi connectivity index (χ0n) is 10.7. The number of methoxy groups -OCH3 is 1. The quantitative estimate of drug-likeness (QED) is 0.670. The molecule has 4 unspecified atom stereocenters. The topological polar surface area (TPSA) is 47.9 Å². The minimum atomic E-state index is -0.388. The van der Waals surface area contributed by atoms with Crippen molar-refractivity contribution in [1.82, 2.24) is 0 Å². The second-order valence-corrected chi connectivity index (χ2v) is 4.75. The summed E-state index contributed by atoms with van der Waals surface area (Å²) in [7, 11) is 1.63. The molecule has 0 bridgehead atoms. The summed E-state index contributed by atoms with van der Waals surface area (Å²) >= 11 is 0. The molecular weight excluding hydrogens is 208 g/mol. The van der Waals surface area contributed by atoms with Crippen LogP contribution < -0.4 is 0 Å². The molecule has 0 spiro atoms. The van der Waals surface area contributed by atoms with Crippen LogP contribution in [0.25, 0.3) is 0 Å². The van der Waals surface area contributed by atoms with Gasteiger partial charge in [-0.2, -0.15) is 0 Å².